The predicted molar refractivity (Wildman–Crippen MR) is 149 cm³/mol. The quantitative estimate of drug-likeness (QED) is 0.299. The molecule has 1 amide bonds. The fourth-order valence-corrected chi connectivity index (χ4v) is 5.15. The molecule has 1 unspecified atom stereocenters. The molecule has 9 heteroatoms. The lowest BCUT2D eigenvalue weighted by atomic mass is 9.98. The van der Waals surface area contributed by atoms with Gasteiger partial charge in [0.15, 0.2) is 11.5 Å². The number of carbonyl (C=O) groups is 1. The fourth-order valence-electron chi connectivity index (χ4n) is 4.93. The van der Waals surface area contributed by atoms with Crippen LogP contribution in [0.25, 0.3) is 0 Å². The molecule has 0 aromatic heterocycles. The number of rotatable bonds is 5. The maximum absolute atomic E-state index is 13.4. The van der Waals surface area contributed by atoms with Crippen LogP contribution in [0.5, 0.6) is 11.5 Å². The third-order valence-corrected chi connectivity index (χ3v) is 7.43. The van der Waals surface area contributed by atoms with E-state index >= 15 is 0 Å². The number of alkyl halides is 3. The van der Waals surface area contributed by atoms with Gasteiger partial charge in [-0.3, -0.25) is 4.79 Å². The third-order valence-electron chi connectivity index (χ3n) is 7.10. The Labute approximate surface area is 236 Å². The van der Waals surface area contributed by atoms with Crippen molar-refractivity contribution in [2.75, 3.05) is 31.1 Å². The van der Waals surface area contributed by atoms with Crippen molar-refractivity contribution in [3.63, 3.8) is 0 Å². The van der Waals surface area contributed by atoms with Crippen LogP contribution < -0.4 is 14.4 Å². The molecule has 5 nitrogen and oxygen atoms in total. The average molecular weight is 569 g/mol. The first-order valence-corrected chi connectivity index (χ1v) is 13.3. The number of halogens is 4. The Hall–Kier alpha value is -3.91. The van der Waals surface area contributed by atoms with Gasteiger partial charge < -0.3 is 19.3 Å². The Morgan fingerprint density at radius 3 is 2.33 bits per heavy atom. The lowest BCUT2D eigenvalue weighted by Crippen LogP contribution is -2.48. The molecule has 5 rings (SSSR count). The number of hydrogen-bond donors (Lipinski definition) is 0. The molecule has 2 aliphatic rings. The van der Waals surface area contributed by atoms with E-state index in [9.17, 15) is 18.0 Å². The van der Waals surface area contributed by atoms with Crippen LogP contribution in [0.3, 0.4) is 0 Å². The van der Waals surface area contributed by atoms with E-state index in [0.717, 1.165) is 17.2 Å². The predicted octanol–water partition coefficient (Wildman–Crippen LogP) is 7.47. The van der Waals surface area contributed by atoms with E-state index in [-0.39, 0.29) is 10.9 Å². The topological polar surface area (TPSA) is 42.0 Å². The number of anilines is 1. The Balaban J connectivity index is 1.32. The number of allylic oxidation sites excluding steroid dienone is 3. The summed E-state index contributed by atoms with van der Waals surface area (Å²) in [5.74, 6) is -0.356. The normalized spacial score (nSPS) is 19.4. The van der Waals surface area contributed by atoms with Crippen LogP contribution >= 0.6 is 11.6 Å². The molecule has 2 heterocycles. The molecule has 1 atom stereocenters. The molecule has 0 saturated carbocycles. The molecule has 1 saturated heterocycles. The lowest BCUT2D eigenvalue weighted by molar-refractivity contribution is -0.137. The molecule has 3 aromatic carbocycles. The van der Waals surface area contributed by atoms with Gasteiger partial charge in [-0.25, -0.2) is 0 Å². The van der Waals surface area contributed by atoms with Gasteiger partial charge in [-0.15, -0.1) is 0 Å². The van der Waals surface area contributed by atoms with Crippen molar-refractivity contribution in [1.29, 1.82) is 0 Å². The maximum Gasteiger partial charge on any atom is 0.417 e. The maximum atomic E-state index is 13.4. The molecule has 0 aliphatic carbocycles. The monoisotopic (exact) mass is 568 g/mol. The summed E-state index contributed by atoms with van der Waals surface area (Å²) >= 11 is 5.77. The van der Waals surface area contributed by atoms with E-state index in [4.69, 9.17) is 21.1 Å². The zero-order valence-electron chi connectivity index (χ0n) is 22.0. The Kier molecular flexibility index (Phi) is 7.55. The van der Waals surface area contributed by atoms with Crippen LogP contribution in [-0.2, 0) is 12.0 Å². The number of hydrogen-bond acceptors (Lipinski definition) is 4. The fraction of sp³-hybridized carbons (Fsp3) is 0.258. The number of fused-ring (bicyclic) bond motifs is 1. The first kappa shape index (κ1) is 27.6. The Morgan fingerprint density at radius 1 is 0.950 bits per heavy atom. The van der Waals surface area contributed by atoms with Crippen molar-refractivity contribution in [2.45, 2.75) is 25.8 Å². The van der Waals surface area contributed by atoms with Crippen LogP contribution in [0, 0.1) is 0 Å². The van der Waals surface area contributed by atoms with Crippen molar-refractivity contribution in [3.05, 3.63) is 112 Å². The Bertz CT molecular complexity index is 1460. The zero-order chi connectivity index (χ0) is 28.5. The van der Waals surface area contributed by atoms with E-state index in [2.05, 4.69) is 0 Å². The third kappa shape index (κ3) is 5.28. The summed E-state index contributed by atoms with van der Waals surface area (Å²) in [6.45, 7) is 5.36. The van der Waals surface area contributed by atoms with Gasteiger partial charge in [-0.2, -0.15) is 13.2 Å². The second-order valence-electron chi connectivity index (χ2n) is 9.66. The van der Waals surface area contributed by atoms with Crippen molar-refractivity contribution in [2.24, 2.45) is 0 Å². The van der Waals surface area contributed by atoms with Gasteiger partial charge >= 0.3 is 12.0 Å². The van der Waals surface area contributed by atoms with Crippen LogP contribution in [0.15, 0.2) is 90.5 Å². The summed E-state index contributed by atoms with van der Waals surface area (Å²) in [6.07, 6.45) is 1.23. The smallest absolute Gasteiger partial charge is 0.417 e. The number of ether oxygens (including phenoxy) is 2. The number of benzene rings is 3. The van der Waals surface area contributed by atoms with E-state index in [1.54, 1.807) is 29.2 Å². The van der Waals surface area contributed by atoms with Crippen molar-refractivity contribution < 1.29 is 27.4 Å². The zero-order valence-corrected chi connectivity index (χ0v) is 22.8. The van der Waals surface area contributed by atoms with Gasteiger partial charge in [0.1, 0.15) is 0 Å². The van der Waals surface area contributed by atoms with Crippen molar-refractivity contribution in [3.8, 4) is 11.5 Å². The summed E-state index contributed by atoms with van der Waals surface area (Å²) in [5.41, 5.74) is 1.66. The van der Waals surface area contributed by atoms with Crippen molar-refractivity contribution in [1.82, 2.24) is 4.90 Å². The molecule has 0 radical (unpaired) electrons. The highest BCUT2D eigenvalue weighted by atomic mass is 35.5. The van der Waals surface area contributed by atoms with Gasteiger partial charge in [-0.1, -0.05) is 60.2 Å². The lowest BCUT2D eigenvalue weighted by Gasteiger charge is -2.36. The van der Waals surface area contributed by atoms with Gasteiger partial charge in [-0.05, 0) is 50.2 Å². The van der Waals surface area contributed by atoms with Crippen LogP contribution in [0.2, 0.25) is 5.02 Å². The summed E-state index contributed by atoms with van der Waals surface area (Å²) in [5, 5.41) is -0.336. The van der Waals surface area contributed by atoms with Crippen molar-refractivity contribution >= 4 is 23.2 Å². The summed E-state index contributed by atoms with van der Waals surface area (Å²) < 4.78 is 52.7. The summed E-state index contributed by atoms with van der Waals surface area (Å²) in [6, 6.07) is 18.6. The minimum atomic E-state index is -4.54. The molecule has 0 spiro atoms. The first-order chi connectivity index (χ1) is 19.1. The van der Waals surface area contributed by atoms with Gasteiger partial charge in [0.25, 0.3) is 5.91 Å². The van der Waals surface area contributed by atoms with E-state index in [1.165, 1.54) is 6.07 Å². The van der Waals surface area contributed by atoms with E-state index in [0.29, 0.717) is 48.9 Å². The van der Waals surface area contributed by atoms with Crippen LogP contribution in [-0.4, -0.2) is 37.0 Å². The minimum Gasteiger partial charge on any atom is -0.441 e. The van der Waals surface area contributed by atoms with E-state index < -0.39 is 17.5 Å². The average Bonchev–Trinajstić information content (AvgIpc) is 3.36. The SMILES string of the molecule is C/C=C\C=C(/C)C1(c2ccccc2)Oc2ccc(C(=O)N3CCN(c4ccc(Cl)c(C(F)(F)F)c4)CC3)cc2O1. The molecular weight excluding hydrogens is 541 g/mol. The molecular formula is C31H28ClF3N2O3. The van der Waals surface area contributed by atoms with Crippen LogP contribution in [0.4, 0.5) is 18.9 Å². The number of carbonyl (C=O) groups excluding carboxylic acids is 1. The van der Waals surface area contributed by atoms with Gasteiger partial charge in [0.05, 0.1) is 10.6 Å². The molecule has 2 aliphatic heterocycles. The minimum absolute atomic E-state index is 0.184. The summed E-state index contributed by atoms with van der Waals surface area (Å²) in [7, 11) is 0. The highest BCUT2D eigenvalue weighted by Gasteiger charge is 2.45. The standard InChI is InChI=1S/C31H28ClF3N2O3/c1-3-4-8-21(2)30(23-9-6-5-7-10-23)39-27-14-11-22(19-28(27)40-30)29(38)37-17-15-36(16-18-37)24-12-13-26(32)25(20-24)31(33,34)35/h3-14,19-20H,15-18H2,1-2H3/b4-3-,21-8+. The Morgan fingerprint density at radius 2 is 1.65 bits per heavy atom. The largest absolute Gasteiger partial charge is 0.441 e. The molecule has 0 N–H and O–H groups in total. The van der Waals surface area contributed by atoms with E-state index in [1.807, 2.05) is 67.3 Å². The molecule has 0 bridgehead atoms. The number of piperazine rings is 1. The second-order valence-corrected chi connectivity index (χ2v) is 10.1. The molecule has 40 heavy (non-hydrogen) atoms. The summed E-state index contributed by atoms with van der Waals surface area (Å²) in [4.78, 5) is 16.9. The van der Waals surface area contributed by atoms with Gasteiger partial charge in [0, 0.05) is 48.6 Å². The highest BCUT2D eigenvalue weighted by molar-refractivity contribution is 6.31. The second kappa shape index (κ2) is 10.9. The molecule has 208 valence electrons. The highest BCUT2D eigenvalue weighted by Crippen LogP contribution is 2.48. The number of nitrogens with zero attached hydrogens (tertiary/aromatic N) is 2. The van der Waals surface area contributed by atoms with Gasteiger partial charge in [0.2, 0.25) is 0 Å². The molecule has 3 aromatic rings. The molecule has 1 fully saturated rings. The first-order valence-electron chi connectivity index (χ1n) is 12.9. The number of amides is 1. The van der Waals surface area contributed by atoms with Crippen LogP contribution in [0.1, 0.15) is 35.3 Å².